The minimum Gasteiger partial charge on any atom is -0.497 e. The van der Waals surface area contributed by atoms with Crippen LogP contribution in [0.15, 0.2) is 45.6 Å². The largest absolute Gasteiger partial charge is 0.497 e. The van der Waals surface area contributed by atoms with Gasteiger partial charge in [-0.15, -0.1) is 0 Å². The van der Waals surface area contributed by atoms with E-state index in [4.69, 9.17) is 9.15 Å². The van der Waals surface area contributed by atoms with Crippen LogP contribution < -0.4 is 15.7 Å². The molecule has 1 aliphatic heterocycles. The zero-order valence-electron chi connectivity index (χ0n) is 19.4. The summed E-state index contributed by atoms with van der Waals surface area (Å²) in [6, 6.07) is 11.6. The van der Waals surface area contributed by atoms with Crippen LogP contribution in [0, 0.1) is 13.8 Å². The van der Waals surface area contributed by atoms with Gasteiger partial charge in [-0.2, -0.15) is 11.8 Å². The van der Waals surface area contributed by atoms with Crippen molar-refractivity contribution in [2.24, 2.45) is 0 Å². The Morgan fingerprint density at radius 2 is 1.94 bits per heavy atom. The molecule has 1 aromatic heterocycles. The first-order valence-corrected chi connectivity index (χ1v) is 12.4. The summed E-state index contributed by atoms with van der Waals surface area (Å²) in [5, 5.41) is 3.85. The van der Waals surface area contributed by atoms with Crippen molar-refractivity contribution in [2.45, 2.75) is 33.2 Å². The molecule has 1 fully saturated rings. The van der Waals surface area contributed by atoms with E-state index in [-0.39, 0.29) is 12.3 Å². The molecular formula is C26H30N2O4S. The lowest BCUT2D eigenvalue weighted by molar-refractivity contribution is -0.116. The molecule has 1 aliphatic rings. The molecule has 1 N–H and O–H groups in total. The van der Waals surface area contributed by atoms with Gasteiger partial charge in [0.1, 0.15) is 11.3 Å². The average molecular weight is 467 g/mol. The molecule has 0 unspecified atom stereocenters. The Bertz CT molecular complexity index is 1210. The molecule has 33 heavy (non-hydrogen) atoms. The van der Waals surface area contributed by atoms with E-state index in [1.165, 1.54) is 17.1 Å². The van der Waals surface area contributed by atoms with Gasteiger partial charge in [-0.3, -0.25) is 9.69 Å². The fourth-order valence-electron chi connectivity index (χ4n) is 4.22. The number of anilines is 1. The molecule has 4 rings (SSSR count). The standard InChI is InChI=1S/C26H30N2O4S/c1-17-14-19(16-28-10-12-33-13-11-28)4-8-23(17)27-25(29)9-7-22-18(2)21-6-5-20(31-3)15-24(21)32-26(22)30/h4-6,8,14-15H,7,9-13,16H2,1-3H3,(H,27,29). The number of fused-ring (bicyclic) bond motifs is 1. The Balaban J connectivity index is 1.40. The molecule has 2 aromatic carbocycles. The number of hydrogen-bond donors (Lipinski definition) is 1. The number of nitrogens with one attached hydrogen (secondary N) is 1. The number of hydrogen-bond acceptors (Lipinski definition) is 6. The maximum absolute atomic E-state index is 12.6. The quantitative estimate of drug-likeness (QED) is 0.516. The molecule has 0 radical (unpaired) electrons. The summed E-state index contributed by atoms with van der Waals surface area (Å²) in [4.78, 5) is 27.6. The van der Waals surface area contributed by atoms with Gasteiger partial charge >= 0.3 is 5.63 Å². The van der Waals surface area contributed by atoms with E-state index in [0.717, 1.165) is 41.8 Å². The number of ether oxygens (including phenoxy) is 1. The fraction of sp³-hybridized carbons (Fsp3) is 0.385. The molecule has 3 aromatic rings. The third kappa shape index (κ3) is 5.60. The Labute approximate surface area is 198 Å². The van der Waals surface area contributed by atoms with Crippen molar-refractivity contribution >= 4 is 34.3 Å². The summed E-state index contributed by atoms with van der Waals surface area (Å²) in [7, 11) is 1.57. The number of nitrogens with zero attached hydrogens (tertiary/aromatic N) is 1. The number of rotatable bonds is 7. The minimum atomic E-state index is -0.405. The van der Waals surface area contributed by atoms with E-state index < -0.39 is 5.63 Å². The zero-order valence-corrected chi connectivity index (χ0v) is 20.2. The summed E-state index contributed by atoms with van der Waals surface area (Å²) in [6.07, 6.45) is 0.534. The summed E-state index contributed by atoms with van der Waals surface area (Å²) >= 11 is 2.01. The predicted octanol–water partition coefficient (Wildman–Crippen LogP) is 4.54. The molecule has 0 saturated carbocycles. The van der Waals surface area contributed by atoms with E-state index in [1.807, 2.05) is 43.8 Å². The number of aryl methyl sites for hydroxylation is 2. The first-order chi connectivity index (χ1) is 15.9. The third-order valence-corrected chi connectivity index (χ3v) is 7.11. The van der Waals surface area contributed by atoms with Crippen LogP contribution in [0.5, 0.6) is 5.75 Å². The number of thioether (sulfide) groups is 1. The molecule has 1 amide bonds. The monoisotopic (exact) mass is 466 g/mol. The van der Waals surface area contributed by atoms with Gasteiger partial charge < -0.3 is 14.5 Å². The second-order valence-corrected chi connectivity index (χ2v) is 9.67. The molecule has 0 atom stereocenters. The summed E-state index contributed by atoms with van der Waals surface area (Å²) in [6.45, 7) is 7.10. The summed E-state index contributed by atoms with van der Waals surface area (Å²) in [5.41, 5.74) is 4.58. The van der Waals surface area contributed by atoms with Crippen LogP contribution >= 0.6 is 11.8 Å². The predicted molar refractivity (Wildman–Crippen MR) is 135 cm³/mol. The highest BCUT2D eigenvalue weighted by Gasteiger charge is 2.15. The highest BCUT2D eigenvalue weighted by atomic mass is 32.2. The summed E-state index contributed by atoms with van der Waals surface area (Å²) in [5.74, 6) is 2.90. The van der Waals surface area contributed by atoms with Gasteiger partial charge in [-0.25, -0.2) is 4.79 Å². The van der Waals surface area contributed by atoms with Gasteiger partial charge in [-0.1, -0.05) is 12.1 Å². The van der Waals surface area contributed by atoms with Gasteiger partial charge in [0.15, 0.2) is 0 Å². The van der Waals surface area contributed by atoms with Crippen molar-refractivity contribution in [1.29, 1.82) is 0 Å². The molecular weight excluding hydrogens is 436 g/mol. The second kappa shape index (κ2) is 10.4. The van der Waals surface area contributed by atoms with E-state index in [2.05, 4.69) is 22.3 Å². The van der Waals surface area contributed by atoms with Crippen LogP contribution in [-0.4, -0.2) is 42.5 Å². The number of carbonyl (C=O) groups excluding carboxylic acids is 1. The molecule has 174 valence electrons. The molecule has 0 bridgehead atoms. The Hall–Kier alpha value is -2.77. The SMILES string of the molecule is COc1ccc2c(C)c(CCC(=O)Nc3ccc(CN4CCSCC4)cc3C)c(=O)oc2c1. The minimum absolute atomic E-state index is 0.118. The molecule has 0 spiro atoms. The topological polar surface area (TPSA) is 71.8 Å². The third-order valence-electron chi connectivity index (χ3n) is 6.17. The first-order valence-electron chi connectivity index (χ1n) is 11.2. The van der Waals surface area contributed by atoms with Gasteiger partial charge in [0.2, 0.25) is 5.91 Å². The van der Waals surface area contributed by atoms with Crippen molar-refractivity contribution in [3.63, 3.8) is 0 Å². The molecule has 6 nitrogen and oxygen atoms in total. The highest BCUT2D eigenvalue weighted by Crippen LogP contribution is 2.25. The molecule has 0 aliphatic carbocycles. The lowest BCUT2D eigenvalue weighted by Gasteiger charge is -2.26. The van der Waals surface area contributed by atoms with Crippen molar-refractivity contribution < 1.29 is 13.9 Å². The maximum Gasteiger partial charge on any atom is 0.339 e. The van der Waals surface area contributed by atoms with Crippen LogP contribution in [0.2, 0.25) is 0 Å². The maximum atomic E-state index is 12.6. The van der Waals surface area contributed by atoms with Gasteiger partial charge in [-0.05, 0) is 55.2 Å². The number of carbonyl (C=O) groups is 1. The van der Waals surface area contributed by atoms with Gasteiger partial charge in [0.05, 0.1) is 7.11 Å². The smallest absolute Gasteiger partial charge is 0.339 e. The van der Waals surface area contributed by atoms with E-state index in [0.29, 0.717) is 23.3 Å². The number of methoxy groups -OCH3 is 1. The van der Waals surface area contributed by atoms with E-state index in [1.54, 1.807) is 13.2 Å². The van der Waals surface area contributed by atoms with Gasteiger partial charge in [0.25, 0.3) is 0 Å². The van der Waals surface area contributed by atoms with Crippen molar-refractivity contribution in [3.05, 3.63) is 69.1 Å². The summed E-state index contributed by atoms with van der Waals surface area (Å²) < 4.78 is 10.7. The van der Waals surface area contributed by atoms with Crippen LogP contribution in [0.3, 0.4) is 0 Å². The van der Waals surface area contributed by atoms with Crippen LogP contribution in [0.4, 0.5) is 5.69 Å². The molecule has 7 heteroatoms. The molecule has 1 saturated heterocycles. The normalized spacial score (nSPS) is 14.4. The number of benzene rings is 2. The highest BCUT2D eigenvalue weighted by molar-refractivity contribution is 7.99. The second-order valence-electron chi connectivity index (χ2n) is 8.44. The number of amides is 1. The Morgan fingerprint density at radius 1 is 1.15 bits per heavy atom. The van der Waals surface area contributed by atoms with Crippen LogP contribution in [0.25, 0.3) is 11.0 Å². The zero-order chi connectivity index (χ0) is 23.4. The fourth-order valence-corrected chi connectivity index (χ4v) is 5.20. The lowest BCUT2D eigenvalue weighted by atomic mass is 10.0. The Kier molecular flexibility index (Phi) is 7.40. The van der Waals surface area contributed by atoms with E-state index in [9.17, 15) is 9.59 Å². The van der Waals surface area contributed by atoms with Gasteiger partial charge in [0, 0.05) is 60.3 Å². The van der Waals surface area contributed by atoms with E-state index >= 15 is 0 Å². The average Bonchev–Trinajstić information content (AvgIpc) is 2.81. The van der Waals surface area contributed by atoms with Crippen molar-refractivity contribution in [1.82, 2.24) is 4.90 Å². The molecule has 2 heterocycles. The van der Waals surface area contributed by atoms with Crippen molar-refractivity contribution in [3.8, 4) is 5.75 Å². The lowest BCUT2D eigenvalue weighted by Crippen LogP contribution is -2.31. The van der Waals surface area contributed by atoms with Crippen LogP contribution in [0.1, 0.15) is 28.7 Å². The van der Waals surface area contributed by atoms with Crippen LogP contribution in [-0.2, 0) is 17.8 Å². The van der Waals surface area contributed by atoms with Crippen molar-refractivity contribution in [2.75, 3.05) is 37.0 Å². The first kappa shape index (κ1) is 23.4. The Morgan fingerprint density at radius 3 is 2.67 bits per heavy atom.